The molecule has 2 aromatic rings. The van der Waals surface area contributed by atoms with Gasteiger partial charge in [0.05, 0.1) is 10.7 Å². The smallest absolute Gasteiger partial charge is 0.0900 e. The molecule has 2 nitrogen and oxygen atoms in total. The minimum atomic E-state index is 0.331. The molecule has 0 spiro atoms. The Balaban J connectivity index is 2.14. The summed E-state index contributed by atoms with van der Waals surface area (Å²) in [6, 6.07) is 7.42. The van der Waals surface area contributed by atoms with Crippen molar-refractivity contribution in [3.63, 3.8) is 0 Å². The molecule has 2 unspecified atom stereocenters. The van der Waals surface area contributed by atoms with Crippen LogP contribution < -0.4 is 5.32 Å². The minimum absolute atomic E-state index is 0.331. The number of nitrogens with zero attached hydrogens (tertiary/aromatic N) is 1. The zero-order chi connectivity index (χ0) is 14.9. The molecule has 0 amide bonds. The number of aromatic nitrogens is 1. The van der Waals surface area contributed by atoms with E-state index in [9.17, 15) is 0 Å². The first-order valence-electron chi connectivity index (χ1n) is 7.15. The van der Waals surface area contributed by atoms with Gasteiger partial charge in [0.25, 0.3) is 0 Å². The van der Waals surface area contributed by atoms with Crippen molar-refractivity contribution in [3.8, 4) is 0 Å². The third kappa shape index (κ3) is 3.47. The van der Waals surface area contributed by atoms with Crippen molar-refractivity contribution in [2.24, 2.45) is 0 Å². The predicted molar refractivity (Wildman–Crippen MR) is 87.5 cm³/mol. The maximum atomic E-state index is 4.52. The van der Waals surface area contributed by atoms with Gasteiger partial charge in [-0.15, -0.1) is 11.3 Å². The summed E-state index contributed by atoms with van der Waals surface area (Å²) in [6.45, 7) is 12.9. The first kappa shape index (κ1) is 15.2. The van der Waals surface area contributed by atoms with Crippen LogP contribution in [0.25, 0.3) is 0 Å². The molecule has 1 heterocycles. The fraction of sp³-hybridized carbons (Fsp3) is 0.471. The van der Waals surface area contributed by atoms with Gasteiger partial charge in [-0.1, -0.05) is 29.3 Å². The Labute approximate surface area is 126 Å². The summed E-state index contributed by atoms with van der Waals surface area (Å²) in [5.74, 6) is 0. The number of aryl methyl sites for hydroxylation is 4. The normalized spacial score (nSPS) is 14.3. The second-order valence-corrected chi connectivity index (χ2v) is 6.95. The van der Waals surface area contributed by atoms with Crippen LogP contribution in [0.2, 0.25) is 0 Å². The van der Waals surface area contributed by atoms with E-state index in [1.807, 2.05) is 0 Å². The second kappa shape index (κ2) is 6.06. The Morgan fingerprint density at radius 1 is 0.950 bits per heavy atom. The lowest BCUT2D eigenvalue weighted by Crippen LogP contribution is -2.22. The van der Waals surface area contributed by atoms with Crippen LogP contribution in [0.1, 0.15) is 58.2 Å². The van der Waals surface area contributed by atoms with Crippen LogP contribution in [0.15, 0.2) is 18.2 Å². The predicted octanol–water partition coefficient (Wildman–Crippen LogP) is 4.79. The number of nitrogens with one attached hydrogen (secondary N) is 1. The summed E-state index contributed by atoms with van der Waals surface area (Å²) < 4.78 is 0. The molecule has 0 aliphatic rings. The van der Waals surface area contributed by atoms with Gasteiger partial charge in [0.2, 0.25) is 0 Å². The third-order valence-corrected chi connectivity index (χ3v) is 4.83. The van der Waals surface area contributed by atoms with E-state index in [1.54, 1.807) is 11.3 Å². The topological polar surface area (TPSA) is 24.9 Å². The molecule has 0 aliphatic carbocycles. The van der Waals surface area contributed by atoms with E-state index < -0.39 is 0 Å². The van der Waals surface area contributed by atoms with Gasteiger partial charge >= 0.3 is 0 Å². The minimum Gasteiger partial charge on any atom is -0.303 e. The Hall–Kier alpha value is -1.19. The van der Waals surface area contributed by atoms with Crippen LogP contribution >= 0.6 is 11.3 Å². The third-order valence-electron chi connectivity index (χ3n) is 3.58. The molecule has 0 aliphatic heterocycles. The molecule has 1 aromatic heterocycles. The van der Waals surface area contributed by atoms with Crippen LogP contribution in [-0.2, 0) is 0 Å². The van der Waals surface area contributed by atoms with E-state index in [1.165, 1.54) is 21.6 Å². The summed E-state index contributed by atoms with van der Waals surface area (Å²) in [6.07, 6.45) is 0. The van der Waals surface area contributed by atoms with E-state index in [2.05, 4.69) is 70.0 Å². The molecule has 2 rings (SSSR count). The number of hydrogen-bond donors (Lipinski definition) is 1. The average Bonchev–Trinajstić information content (AvgIpc) is 2.67. The van der Waals surface area contributed by atoms with Crippen molar-refractivity contribution in [2.45, 2.75) is 53.6 Å². The standard InChI is InChI=1S/C17H24N2S/c1-10-7-11(2)9-16(8-10)12(3)18-13(4)17-14(5)19-15(6)20-17/h7-9,12-13,18H,1-6H3. The molecule has 20 heavy (non-hydrogen) atoms. The van der Waals surface area contributed by atoms with Crippen molar-refractivity contribution in [1.82, 2.24) is 10.3 Å². The highest BCUT2D eigenvalue weighted by Crippen LogP contribution is 2.27. The van der Waals surface area contributed by atoms with E-state index in [0.717, 1.165) is 10.7 Å². The molecule has 1 N–H and O–H groups in total. The Morgan fingerprint density at radius 2 is 1.55 bits per heavy atom. The van der Waals surface area contributed by atoms with Gasteiger partial charge in [-0.25, -0.2) is 4.98 Å². The van der Waals surface area contributed by atoms with Crippen molar-refractivity contribution >= 4 is 11.3 Å². The van der Waals surface area contributed by atoms with Gasteiger partial charge in [0.15, 0.2) is 0 Å². The highest BCUT2D eigenvalue weighted by molar-refractivity contribution is 7.11. The summed E-state index contributed by atoms with van der Waals surface area (Å²) in [5, 5.41) is 4.84. The van der Waals surface area contributed by atoms with Gasteiger partial charge in [0, 0.05) is 17.0 Å². The van der Waals surface area contributed by atoms with Gasteiger partial charge in [-0.05, 0) is 47.1 Å². The average molecular weight is 288 g/mol. The van der Waals surface area contributed by atoms with Gasteiger partial charge in [-0.3, -0.25) is 0 Å². The lowest BCUT2D eigenvalue weighted by atomic mass is 10.0. The first-order chi connectivity index (χ1) is 9.36. The van der Waals surface area contributed by atoms with Crippen LogP contribution in [0.4, 0.5) is 0 Å². The molecule has 2 atom stereocenters. The maximum absolute atomic E-state index is 4.52. The Morgan fingerprint density at radius 3 is 2.05 bits per heavy atom. The van der Waals surface area contributed by atoms with Crippen molar-refractivity contribution in [1.29, 1.82) is 0 Å². The van der Waals surface area contributed by atoms with Crippen LogP contribution in [0.3, 0.4) is 0 Å². The summed E-state index contributed by atoms with van der Waals surface area (Å²) >= 11 is 1.79. The van der Waals surface area contributed by atoms with E-state index in [-0.39, 0.29) is 0 Å². The lowest BCUT2D eigenvalue weighted by Gasteiger charge is -2.20. The second-order valence-electron chi connectivity index (χ2n) is 5.71. The highest BCUT2D eigenvalue weighted by Gasteiger charge is 2.16. The van der Waals surface area contributed by atoms with Gasteiger partial charge in [0.1, 0.15) is 0 Å². The summed E-state index contributed by atoms with van der Waals surface area (Å²) in [7, 11) is 0. The fourth-order valence-electron chi connectivity index (χ4n) is 2.76. The zero-order valence-corrected chi connectivity index (χ0v) is 14.1. The molecule has 0 fully saturated rings. The van der Waals surface area contributed by atoms with E-state index in [0.29, 0.717) is 12.1 Å². The first-order valence-corrected chi connectivity index (χ1v) is 7.96. The Kier molecular flexibility index (Phi) is 4.61. The number of benzene rings is 1. The lowest BCUT2D eigenvalue weighted by molar-refractivity contribution is 0.498. The molecular formula is C17H24N2S. The van der Waals surface area contributed by atoms with Gasteiger partial charge in [-0.2, -0.15) is 0 Å². The largest absolute Gasteiger partial charge is 0.303 e. The van der Waals surface area contributed by atoms with E-state index >= 15 is 0 Å². The molecular weight excluding hydrogens is 264 g/mol. The van der Waals surface area contributed by atoms with Crippen molar-refractivity contribution in [2.75, 3.05) is 0 Å². The summed E-state index contributed by atoms with van der Waals surface area (Å²) in [4.78, 5) is 5.86. The molecule has 0 radical (unpaired) electrons. The molecule has 0 saturated carbocycles. The zero-order valence-electron chi connectivity index (χ0n) is 13.2. The Bertz CT molecular complexity index is 581. The molecule has 0 bridgehead atoms. The molecule has 1 aromatic carbocycles. The molecule has 0 saturated heterocycles. The molecule has 108 valence electrons. The van der Waals surface area contributed by atoms with E-state index in [4.69, 9.17) is 0 Å². The number of rotatable bonds is 4. The fourth-order valence-corrected chi connectivity index (χ4v) is 3.69. The van der Waals surface area contributed by atoms with Crippen LogP contribution in [-0.4, -0.2) is 4.98 Å². The van der Waals surface area contributed by atoms with Crippen LogP contribution in [0, 0.1) is 27.7 Å². The van der Waals surface area contributed by atoms with Crippen molar-refractivity contribution in [3.05, 3.63) is 50.5 Å². The maximum Gasteiger partial charge on any atom is 0.0900 e. The van der Waals surface area contributed by atoms with Crippen LogP contribution in [0.5, 0.6) is 0 Å². The number of hydrogen-bond acceptors (Lipinski definition) is 3. The molecule has 3 heteroatoms. The monoisotopic (exact) mass is 288 g/mol. The quantitative estimate of drug-likeness (QED) is 0.875. The highest BCUT2D eigenvalue weighted by atomic mass is 32.1. The summed E-state index contributed by atoms with van der Waals surface area (Å²) in [5.41, 5.74) is 5.16. The SMILES string of the molecule is Cc1cc(C)cc(C(C)NC(C)c2sc(C)nc2C)c1. The van der Waals surface area contributed by atoms with Gasteiger partial charge < -0.3 is 5.32 Å². The number of thiazole rings is 1. The van der Waals surface area contributed by atoms with Crippen molar-refractivity contribution < 1.29 is 0 Å².